The summed E-state index contributed by atoms with van der Waals surface area (Å²) >= 11 is 12.4. The van der Waals surface area contributed by atoms with Crippen molar-refractivity contribution in [1.82, 2.24) is 4.98 Å². The summed E-state index contributed by atoms with van der Waals surface area (Å²) in [6, 6.07) is 15.1. The summed E-state index contributed by atoms with van der Waals surface area (Å²) in [5, 5.41) is 3.46. The molecule has 0 fully saturated rings. The Morgan fingerprint density at radius 3 is 2.48 bits per heavy atom. The van der Waals surface area contributed by atoms with Crippen molar-refractivity contribution in [2.45, 2.75) is 5.75 Å². The molecule has 0 spiro atoms. The molecule has 3 rings (SSSR count). The molecular formula is C19H14Cl2N2O3S. The second-order valence-electron chi connectivity index (χ2n) is 5.67. The van der Waals surface area contributed by atoms with E-state index in [1.807, 2.05) is 12.1 Å². The number of amides is 1. The summed E-state index contributed by atoms with van der Waals surface area (Å²) < 4.78 is 21.6. The molecule has 0 aliphatic heterocycles. The van der Waals surface area contributed by atoms with Crippen molar-refractivity contribution in [3.8, 4) is 11.3 Å². The fourth-order valence-corrected chi connectivity index (χ4v) is 3.51. The van der Waals surface area contributed by atoms with Crippen molar-refractivity contribution in [2.24, 2.45) is 0 Å². The molecule has 138 valence electrons. The Kier molecular flexibility index (Phi) is 6.11. The van der Waals surface area contributed by atoms with Crippen LogP contribution in [0.5, 0.6) is 0 Å². The number of halogens is 2. The number of aromatic nitrogens is 1. The van der Waals surface area contributed by atoms with Crippen LogP contribution in [0, 0.1) is 0 Å². The lowest BCUT2D eigenvalue weighted by Crippen LogP contribution is -2.12. The molecule has 0 unspecified atom stereocenters. The zero-order chi connectivity index (χ0) is 19.4. The third-order valence-electron chi connectivity index (χ3n) is 3.75. The molecule has 0 radical (unpaired) electrons. The van der Waals surface area contributed by atoms with Gasteiger partial charge in [-0.05, 0) is 48.0 Å². The minimum atomic E-state index is -2.56. The largest absolute Gasteiger partial charge is 0.322 e. The van der Waals surface area contributed by atoms with Gasteiger partial charge < -0.3 is 5.32 Å². The van der Waals surface area contributed by atoms with Gasteiger partial charge in [-0.2, -0.15) is 0 Å². The van der Waals surface area contributed by atoms with E-state index in [-0.39, 0.29) is 16.3 Å². The van der Waals surface area contributed by atoms with Crippen molar-refractivity contribution < 1.29 is 13.2 Å². The number of benzene rings is 2. The molecule has 0 aliphatic rings. The van der Waals surface area contributed by atoms with Crippen LogP contribution in [0.2, 0.25) is 10.0 Å². The van der Waals surface area contributed by atoms with E-state index in [1.165, 1.54) is 12.1 Å². The van der Waals surface area contributed by atoms with Gasteiger partial charge in [-0.25, -0.2) is 8.42 Å². The van der Waals surface area contributed by atoms with E-state index in [0.29, 0.717) is 27.5 Å². The van der Waals surface area contributed by atoms with Crippen molar-refractivity contribution in [2.75, 3.05) is 5.32 Å². The number of hydrogen-bond acceptors (Lipinski definition) is 4. The van der Waals surface area contributed by atoms with Crippen molar-refractivity contribution >= 4 is 45.5 Å². The molecule has 8 heteroatoms. The maximum absolute atomic E-state index is 12.5. The summed E-state index contributed by atoms with van der Waals surface area (Å²) in [5.41, 5.74) is 2.68. The van der Waals surface area contributed by atoms with Crippen molar-refractivity contribution in [3.05, 3.63) is 82.0 Å². The first-order chi connectivity index (χ1) is 12.9. The summed E-state index contributed by atoms with van der Waals surface area (Å²) in [4.78, 5) is 16.8. The fraction of sp³-hybridized carbons (Fsp3) is 0.0526. The Morgan fingerprint density at radius 1 is 1.00 bits per heavy atom. The first kappa shape index (κ1) is 19.4. The third kappa shape index (κ3) is 4.86. The van der Waals surface area contributed by atoms with Gasteiger partial charge in [0.15, 0.2) is 0 Å². The standard InChI is InChI=1S/C19H14Cl2N2O3S/c20-16-7-5-13(10-15(16)18-3-1-2-8-22-18)23-19(24)14-6-4-12(9-17(14)21)11-27(25)26/h1-10,27H,11H2,(H,23,24). The van der Waals surface area contributed by atoms with Crippen LogP contribution < -0.4 is 5.32 Å². The molecule has 1 heterocycles. The molecule has 3 aromatic rings. The molecule has 2 aromatic carbocycles. The second-order valence-corrected chi connectivity index (χ2v) is 7.46. The molecule has 5 nitrogen and oxygen atoms in total. The smallest absolute Gasteiger partial charge is 0.257 e. The Bertz CT molecular complexity index is 1060. The highest BCUT2D eigenvalue weighted by Gasteiger charge is 2.13. The lowest BCUT2D eigenvalue weighted by atomic mass is 10.1. The highest BCUT2D eigenvalue weighted by molar-refractivity contribution is 7.71. The number of carbonyl (C=O) groups is 1. The minimum Gasteiger partial charge on any atom is -0.322 e. The van der Waals surface area contributed by atoms with Crippen LogP contribution in [0.3, 0.4) is 0 Å². The lowest BCUT2D eigenvalue weighted by molar-refractivity contribution is 0.102. The Morgan fingerprint density at radius 2 is 1.81 bits per heavy atom. The molecule has 0 saturated heterocycles. The Hall–Kier alpha value is -2.41. The highest BCUT2D eigenvalue weighted by Crippen LogP contribution is 2.29. The number of anilines is 1. The number of pyridine rings is 1. The zero-order valence-electron chi connectivity index (χ0n) is 13.9. The van der Waals surface area contributed by atoms with Crippen LogP contribution in [0.15, 0.2) is 60.8 Å². The van der Waals surface area contributed by atoms with E-state index in [4.69, 9.17) is 23.2 Å². The quantitative estimate of drug-likeness (QED) is 0.598. The number of rotatable bonds is 5. The molecule has 0 atom stereocenters. The molecule has 0 aliphatic carbocycles. The normalized spacial score (nSPS) is 10.8. The molecule has 1 N–H and O–H groups in total. The van der Waals surface area contributed by atoms with Gasteiger partial charge >= 0.3 is 0 Å². The lowest BCUT2D eigenvalue weighted by Gasteiger charge is -2.10. The van der Waals surface area contributed by atoms with E-state index in [1.54, 1.807) is 36.5 Å². The van der Waals surface area contributed by atoms with Crippen LogP contribution in [0.4, 0.5) is 5.69 Å². The second kappa shape index (κ2) is 8.52. The van der Waals surface area contributed by atoms with E-state index >= 15 is 0 Å². The molecule has 0 saturated carbocycles. The third-order valence-corrected chi connectivity index (χ3v) is 5.02. The van der Waals surface area contributed by atoms with Crippen molar-refractivity contribution in [1.29, 1.82) is 0 Å². The number of nitrogens with one attached hydrogen (secondary N) is 1. The zero-order valence-corrected chi connectivity index (χ0v) is 16.3. The van der Waals surface area contributed by atoms with E-state index in [2.05, 4.69) is 10.3 Å². The van der Waals surface area contributed by atoms with Crippen LogP contribution in [0.1, 0.15) is 15.9 Å². The predicted molar refractivity (Wildman–Crippen MR) is 108 cm³/mol. The predicted octanol–water partition coefficient (Wildman–Crippen LogP) is 4.42. The molecule has 1 amide bonds. The van der Waals surface area contributed by atoms with E-state index in [9.17, 15) is 13.2 Å². The summed E-state index contributed by atoms with van der Waals surface area (Å²) in [5.74, 6) is -0.533. The maximum Gasteiger partial charge on any atom is 0.257 e. The fourth-order valence-electron chi connectivity index (χ4n) is 2.51. The van der Waals surface area contributed by atoms with Gasteiger partial charge in [-0.15, -0.1) is 0 Å². The van der Waals surface area contributed by atoms with E-state index < -0.39 is 16.6 Å². The first-order valence-corrected chi connectivity index (χ1v) is 9.98. The van der Waals surface area contributed by atoms with Gasteiger partial charge in [0, 0.05) is 17.4 Å². The van der Waals surface area contributed by atoms with Crippen molar-refractivity contribution in [3.63, 3.8) is 0 Å². The molecular weight excluding hydrogens is 407 g/mol. The highest BCUT2D eigenvalue weighted by atomic mass is 35.5. The van der Waals surface area contributed by atoms with Gasteiger partial charge in [0.05, 0.1) is 27.1 Å². The number of carbonyl (C=O) groups excluding carboxylic acids is 1. The SMILES string of the molecule is O=C(Nc1ccc(Cl)c(-c2ccccn2)c1)c1ccc(C[SH](=O)=O)cc1Cl. The molecule has 27 heavy (non-hydrogen) atoms. The first-order valence-electron chi connectivity index (χ1n) is 7.86. The molecule has 1 aromatic heterocycles. The van der Waals surface area contributed by atoms with Crippen LogP contribution in [-0.2, 0) is 16.5 Å². The van der Waals surface area contributed by atoms with Gasteiger partial charge in [-0.1, -0.05) is 35.3 Å². The van der Waals surface area contributed by atoms with Crippen LogP contribution >= 0.6 is 23.2 Å². The van der Waals surface area contributed by atoms with Gasteiger partial charge in [0.25, 0.3) is 5.91 Å². The number of thiol groups is 1. The van der Waals surface area contributed by atoms with Gasteiger partial charge in [0.1, 0.15) is 10.7 Å². The van der Waals surface area contributed by atoms with Crippen LogP contribution in [-0.4, -0.2) is 19.3 Å². The average molecular weight is 421 g/mol. The summed E-state index contributed by atoms with van der Waals surface area (Å²) in [7, 11) is -2.56. The number of hydrogen-bond donors (Lipinski definition) is 2. The summed E-state index contributed by atoms with van der Waals surface area (Å²) in [6.45, 7) is 0. The topological polar surface area (TPSA) is 76.1 Å². The monoisotopic (exact) mass is 420 g/mol. The summed E-state index contributed by atoms with van der Waals surface area (Å²) in [6.07, 6.45) is 1.66. The number of nitrogens with zero attached hydrogens (tertiary/aromatic N) is 1. The Labute approximate surface area is 167 Å². The van der Waals surface area contributed by atoms with Gasteiger partial charge in [-0.3, -0.25) is 9.78 Å². The minimum absolute atomic E-state index is 0.123. The van der Waals surface area contributed by atoms with Crippen LogP contribution in [0.25, 0.3) is 11.3 Å². The maximum atomic E-state index is 12.5. The Balaban J connectivity index is 1.84. The van der Waals surface area contributed by atoms with Gasteiger partial charge in [0.2, 0.25) is 0 Å². The molecule has 0 bridgehead atoms. The van der Waals surface area contributed by atoms with E-state index in [0.717, 1.165) is 0 Å². The average Bonchev–Trinajstić information content (AvgIpc) is 2.63.